The summed E-state index contributed by atoms with van der Waals surface area (Å²) in [6.45, 7) is 7.88. The van der Waals surface area contributed by atoms with Gasteiger partial charge in [-0.1, -0.05) is 0 Å². The second-order valence-electron chi connectivity index (χ2n) is 8.71. The number of halogens is 4. The second kappa shape index (κ2) is 6.44. The van der Waals surface area contributed by atoms with Crippen LogP contribution in [0.15, 0.2) is 6.07 Å². The molecule has 0 aliphatic heterocycles. The fourth-order valence-electron chi connectivity index (χ4n) is 3.75. The molecule has 1 aliphatic rings. The van der Waals surface area contributed by atoms with Crippen LogP contribution in [-0.4, -0.2) is 27.0 Å². The summed E-state index contributed by atoms with van der Waals surface area (Å²) >= 11 is 0. The van der Waals surface area contributed by atoms with Crippen LogP contribution in [-0.2, 0) is 10.3 Å². The maximum absolute atomic E-state index is 14.5. The van der Waals surface area contributed by atoms with Crippen LogP contribution < -0.4 is 5.32 Å². The van der Waals surface area contributed by atoms with Crippen molar-refractivity contribution in [1.29, 1.82) is 5.26 Å². The van der Waals surface area contributed by atoms with Gasteiger partial charge in [0.15, 0.2) is 11.5 Å². The molecule has 1 saturated carbocycles. The van der Waals surface area contributed by atoms with Crippen molar-refractivity contribution in [2.45, 2.75) is 64.6 Å². The number of anilines is 1. The van der Waals surface area contributed by atoms with E-state index in [-0.39, 0.29) is 17.0 Å². The number of nitrogens with one attached hydrogen (secondary N) is 1. The monoisotopic (exact) mass is 410 g/mol. The summed E-state index contributed by atoms with van der Waals surface area (Å²) in [6, 6.07) is 3.01. The van der Waals surface area contributed by atoms with Gasteiger partial charge in [0.05, 0.1) is 17.1 Å². The summed E-state index contributed by atoms with van der Waals surface area (Å²) in [5.41, 5.74) is -2.42. The number of hydrogen-bond acceptors (Lipinski definition) is 3. The van der Waals surface area contributed by atoms with Crippen LogP contribution in [0.3, 0.4) is 0 Å². The molecule has 9 heteroatoms. The van der Waals surface area contributed by atoms with Crippen LogP contribution in [0.2, 0.25) is 0 Å². The number of hydrogen-bond donors (Lipinski definition) is 1. The highest BCUT2D eigenvalue weighted by atomic mass is 19.3. The van der Waals surface area contributed by atoms with Gasteiger partial charge in [-0.2, -0.15) is 5.26 Å². The maximum Gasteiger partial charge on any atom is 0.281 e. The van der Waals surface area contributed by atoms with Crippen molar-refractivity contribution in [3.63, 3.8) is 0 Å². The molecule has 1 fully saturated rings. The number of rotatable bonds is 3. The zero-order valence-corrected chi connectivity index (χ0v) is 16.8. The van der Waals surface area contributed by atoms with Gasteiger partial charge in [0.1, 0.15) is 5.52 Å². The highest BCUT2D eigenvalue weighted by Gasteiger charge is 2.66. The van der Waals surface area contributed by atoms with E-state index in [1.807, 2.05) is 26.8 Å². The fraction of sp³-hybridized carbons (Fsp3) is 0.550. The van der Waals surface area contributed by atoms with Gasteiger partial charge in [-0.25, -0.2) is 22.5 Å². The van der Waals surface area contributed by atoms with Crippen molar-refractivity contribution in [1.82, 2.24) is 9.55 Å². The van der Waals surface area contributed by atoms with E-state index in [4.69, 9.17) is 0 Å². The van der Waals surface area contributed by atoms with E-state index >= 15 is 0 Å². The molecule has 156 valence electrons. The molecule has 0 radical (unpaired) electrons. The Bertz CT molecular complexity index is 1040. The largest absolute Gasteiger partial charge is 0.304 e. The van der Waals surface area contributed by atoms with Gasteiger partial charge in [-0.3, -0.25) is 10.1 Å². The average Bonchev–Trinajstić information content (AvgIpc) is 2.97. The van der Waals surface area contributed by atoms with Gasteiger partial charge >= 0.3 is 0 Å². The molecule has 3 rings (SSSR count). The van der Waals surface area contributed by atoms with Crippen molar-refractivity contribution in [3.05, 3.63) is 23.0 Å². The van der Waals surface area contributed by atoms with Crippen LogP contribution in [0.1, 0.15) is 51.7 Å². The lowest BCUT2D eigenvalue weighted by Gasteiger charge is -2.47. The molecule has 5 nitrogen and oxygen atoms in total. The predicted octanol–water partition coefficient (Wildman–Crippen LogP) is 4.82. The molecule has 2 atom stereocenters. The number of amides is 1. The van der Waals surface area contributed by atoms with Crippen LogP contribution in [0.5, 0.6) is 0 Å². The number of carbonyl (C=O) groups excluding carboxylic acids is 1. The van der Waals surface area contributed by atoms with Gasteiger partial charge in [0.2, 0.25) is 11.9 Å². The number of nitrogens with zero attached hydrogens (tertiary/aromatic N) is 3. The molecule has 1 heterocycles. The average molecular weight is 410 g/mol. The Hall–Kier alpha value is -2.63. The Labute approximate surface area is 165 Å². The van der Waals surface area contributed by atoms with Crippen molar-refractivity contribution in [2.75, 3.05) is 5.32 Å². The van der Waals surface area contributed by atoms with E-state index in [2.05, 4.69) is 10.3 Å². The lowest BCUT2D eigenvalue weighted by atomic mass is 9.67. The first kappa shape index (κ1) is 21.1. The topological polar surface area (TPSA) is 70.7 Å². The Morgan fingerprint density at radius 3 is 2.52 bits per heavy atom. The Morgan fingerprint density at radius 2 is 2.03 bits per heavy atom. The van der Waals surface area contributed by atoms with Gasteiger partial charge < -0.3 is 4.57 Å². The summed E-state index contributed by atoms with van der Waals surface area (Å²) in [5, 5.41) is 11.8. The first-order valence-corrected chi connectivity index (χ1v) is 9.19. The number of imidazole rings is 1. The van der Waals surface area contributed by atoms with Crippen LogP contribution >= 0.6 is 0 Å². The van der Waals surface area contributed by atoms with Crippen LogP contribution in [0, 0.1) is 30.0 Å². The van der Waals surface area contributed by atoms with Crippen molar-refractivity contribution < 1.29 is 22.4 Å². The van der Waals surface area contributed by atoms with Crippen LogP contribution in [0.25, 0.3) is 11.0 Å². The van der Waals surface area contributed by atoms with Crippen LogP contribution in [0.4, 0.5) is 23.5 Å². The highest BCUT2D eigenvalue weighted by Crippen LogP contribution is 2.55. The third kappa shape index (κ3) is 3.24. The first-order valence-electron chi connectivity index (χ1n) is 9.19. The molecule has 1 aromatic carbocycles. The molecule has 1 aliphatic carbocycles. The van der Waals surface area contributed by atoms with Crippen molar-refractivity contribution in [3.8, 4) is 6.07 Å². The number of fused-ring (bicyclic) bond motifs is 1. The Balaban J connectivity index is 2.00. The molecule has 0 bridgehead atoms. The van der Waals surface area contributed by atoms with Gasteiger partial charge in [-0.05, 0) is 46.2 Å². The summed E-state index contributed by atoms with van der Waals surface area (Å²) in [5.74, 6) is -5.95. The van der Waals surface area contributed by atoms with E-state index in [0.29, 0.717) is 11.1 Å². The van der Waals surface area contributed by atoms with Gasteiger partial charge in [0.25, 0.3) is 5.92 Å². The van der Waals surface area contributed by atoms with E-state index in [0.717, 1.165) is 13.0 Å². The quantitative estimate of drug-likeness (QED) is 0.738. The first-order chi connectivity index (χ1) is 13.2. The predicted molar refractivity (Wildman–Crippen MR) is 100.0 cm³/mol. The maximum atomic E-state index is 14.5. The van der Waals surface area contributed by atoms with E-state index in [1.165, 1.54) is 0 Å². The van der Waals surface area contributed by atoms with E-state index < -0.39 is 47.6 Å². The summed E-state index contributed by atoms with van der Waals surface area (Å²) in [4.78, 5) is 16.6. The van der Waals surface area contributed by atoms with E-state index in [9.17, 15) is 27.6 Å². The number of benzene rings is 1. The second-order valence-corrected chi connectivity index (χ2v) is 8.71. The minimum Gasteiger partial charge on any atom is -0.304 e. The molecule has 0 spiro atoms. The molecule has 1 N–H and O–H groups in total. The molecule has 2 aromatic rings. The number of nitriles is 1. The molecule has 1 amide bonds. The summed E-state index contributed by atoms with van der Waals surface area (Å²) in [7, 11) is 0. The summed E-state index contributed by atoms with van der Waals surface area (Å²) < 4.78 is 57.0. The standard InChI is InChI=1S/C20H22F4N4O/c1-10-11(9-25)6-13(21)15-16(10)28(18(2,3)4)17(27-15)26-14(29)7-12-8-20(23,24)19(12,5)22/h6,12H,7-8H2,1-5H3,(H,26,27,29). The van der Waals surface area contributed by atoms with E-state index in [1.54, 1.807) is 11.5 Å². The minimum absolute atomic E-state index is 0.0150. The lowest BCUT2D eigenvalue weighted by Crippen LogP contribution is -2.60. The number of carbonyl (C=O) groups is 1. The molecular formula is C20H22F4N4O. The van der Waals surface area contributed by atoms with Crippen molar-refractivity contribution >= 4 is 22.9 Å². The molecular weight excluding hydrogens is 388 g/mol. The number of alkyl halides is 3. The van der Waals surface area contributed by atoms with Gasteiger partial charge in [0, 0.05) is 24.3 Å². The zero-order valence-electron chi connectivity index (χ0n) is 16.8. The van der Waals surface area contributed by atoms with Crippen molar-refractivity contribution in [2.24, 2.45) is 5.92 Å². The fourth-order valence-corrected chi connectivity index (χ4v) is 3.75. The molecule has 2 unspecified atom stereocenters. The third-order valence-corrected chi connectivity index (χ3v) is 5.59. The third-order valence-electron chi connectivity index (χ3n) is 5.59. The highest BCUT2D eigenvalue weighted by molar-refractivity contribution is 5.93. The Morgan fingerprint density at radius 1 is 1.41 bits per heavy atom. The summed E-state index contributed by atoms with van der Waals surface area (Å²) in [6.07, 6.45) is -1.15. The minimum atomic E-state index is -3.45. The molecule has 0 saturated heterocycles. The number of aromatic nitrogens is 2. The smallest absolute Gasteiger partial charge is 0.281 e. The molecule has 29 heavy (non-hydrogen) atoms. The van der Waals surface area contributed by atoms with Gasteiger partial charge in [-0.15, -0.1) is 0 Å². The SMILES string of the molecule is Cc1c(C#N)cc(F)c2nc(NC(=O)CC3CC(F)(F)C3(C)F)n(C(C)(C)C)c12. The number of aryl methyl sites for hydroxylation is 1. The zero-order chi connectivity index (χ0) is 21.9. The normalized spacial score (nSPS) is 23.5. The lowest BCUT2D eigenvalue weighted by molar-refractivity contribution is -0.242. The molecule has 1 aromatic heterocycles. The Kier molecular flexibility index (Phi) is 4.68.